The Morgan fingerprint density at radius 3 is 1.86 bits per heavy atom. The summed E-state index contributed by atoms with van der Waals surface area (Å²) in [7, 11) is 0. The lowest BCUT2D eigenvalue weighted by Gasteiger charge is -2.27. The Hall–Kier alpha value is -1.24. The van der Waals surface area contributed by atoms with Crippen molar-refractivity contribution in [2.24, 2.45) is 4.99 Å². The van der Waals surface area contributed by atoms with Gasteiger partial charge in [0.05, 0.1) is 0 Å². The molecule has 2 amide bonds. The number of carbonyl (C=O) groups is 2. The molecule has 0 saturated heterocycles. The van der Waals surface area contributed by atoms with Crippen molar-refractivity contribution < 1.29 is 19.1 Å². The van der Waals surface area contributed by atoms with Gasteiger partial charge < -0.3 is 9.47 Å². The van der Waals surface area contributed by atoms with Gasteiger partial charge in [-0.05, 0) is 54.2 Å². The number of amidine groups is 1. The molecule has 0 aromatic carbocycles. The monoisotopic (exact) mass is 332 g/mol. The standard InChI is InChI=1S/C15H28N2O4S/c1-9-17(13(19)21-15(6,7)8)11(22-10-2)16-12(18)20-14(3,4)5/h9-10H2,1-8H3. The Labute approximate surface area is 137 Å². The van der Waals surface area contributed by atoms with Gasteiger partial charge in [0.25, 0.3) is 0 Å². The minimum absolute atomic E-state index is 0.286. The summed E-state index contributed by atoms with van der Waals surface area (Å²) in [6, 6.07) is 0. The normalized spacial score (nSPS) is 12.8. The first-order valence-corrected chi connectivity index (χ1v) is 8.33. The van der Waals surface area contributed by atoms with E-state index in [1.807, 2.05) is 6.92 Å². The zero-order chi connectivity index (χ0) is 17.6. The largest absolute Gasteiger partial charge is 0.443 e. The summed E-state index contributed by atoms with van der Waals surface area (Å²) in [5.41, 5.74) is -1.25. The number of carbonyl (C=O) groups excluding carboxylic acids is 2. The summed E-state index contributed by atoms with van der Waals surface area (Å²) in [6.07, 6.45) is -1.25. The van der Waals surface area contributed by atoms with Gasteiger partial charge in [0.1, 0.15) is 11.2 Å². The fourth-order valence-corrected chi connectivity index (χ4v) is 2.08. The molecular weight excluding hydrogens is 304 g/mol. The lowest BCUT2D eigenvalue weighted by molar-refractivity contribution is 0.0380. The molecule has 0 N–H and O–H groups in total. The van der Waals surface area contributed by atoms with Crippen LogP contribution in [0.3, 0.4) is 0 Å². The number of hydrogen-bond donors (Lipinski definition) is 0. The molecule has 0 aliphatic heterocycles. The molecule has 0 aromatic rings. The second kappa shape index (κ2) is 8.41. The molecule has 0 aliphatic rings. The SMILES string of the molecule is CCSC(=NC(=O)OC(C)(C)C)N(CC)C(=O)OC(C)(C)C. The van der Waals surface area contributed by atoms with Crippen molar-refractivity contribution in [3.63, 3.8) is 0 Å². The zero-order valence-electron chi connectivity index (χ0n) is 14.8. The highest BCUT2D eigenvalue weighted by Crippen LogP contribution is 2.16. The molecule has 0 aromatic heterocycles. The lowest BCUT2D eigenvalue weighted by atomic mass is 10.2. The maximum Gasteiger partial charge on any atom is 0.436 e. The van der Waals surface area contributed by atoms with Crippen molar-refractivity contribution in [3.05, 3.63) is 0 Å². The van der Waals surface area contributed by atoms with Gasteiger partial charge in [-0.1, -0.05) is 18.7 Å². The minimum atomic E-state index is -0.717. The highest BCUT2D eigenvalue weighted by molar-refractivity contribution is 8.13. The predicted molar refractivity (Wildman–Crippen MR) is 90.4 cm³/mol. The number of nitrogens with zero attached hydrogens (tertiary/aromatic N) is 2. The van der Waals surface area contributed by atoms with Crippen LogP contribution in [0.25, 0.3) is 0 Å². The van der Waals surface area contributed by atoms with Gasteiger partial charge >= 0.3 is 12.2 Å². The van der Waals surface area contributed by atoms with Crippen LogP contribution in [0, 0.1) is 0 Å². The van der Waals surface area contributed by atoms with Crippen LogP contribution in [0.15, 0.2) is 4.99 Å². The zero-order valence-corrected chi connectivity index (χ0v) is 15.7. The molecule has 0 rings (SSSR count). The van der Waals surface area contributed by atoms with E-state index in [4.69, 9.17) is 9.47 Å². The van der Waals surface area contributed by atoms with Crippen molar-refractivity contribution in [1.82, 2.24) is 4.90 Å². The number of thioether (sulfide) groups is 1. The molecule has 128 valence electrons. The highest BCUT2D eigenvalue weighted by Gasteiger charge is 2.26. The highest BCUT2D eigenvalue weighted by atomic mass is 32.2. The van der Waals surface area contributed by atoms with E-state index < -0.39 is 23.4 Å². The fraction of sp³-hybridized carbons (Fsp3) is 0.800. The second-order valence-corrected chi connectivity index (χ2v) is 7.76. The van der Waals surface area contributed by atoms with E-state index in [0.29, 0.717) is 12.3 Å². The van der Waals surface area contributed by atoms with Gasteiger partial charge in [0, 0.05) is 6.54 Å². The molecule has 0 radical (unpaired) electrons. The molecule has 0 atom stereocenters. The molecule has 7 heteroatoms. The number of ether oxygens (including phenoxy) is 2. The molecule has 0 saturated carbocycles. The maximum atomic E-state index is 12.2. The van der Waals surface area contributed by atoms with E-state index in [2.05, 4.69) is 4.99 Å². The number of hydrogen-bond acceptors (Lipinski definition) is 5. The quantitative estimate of drug-likeness (QED) is 0.557. The van der Waals surface area contributed by atoms with Gasteiger partial charge in [-0.15, -0.1) is 0 Å². The minimum Gasteiger partial charge on any atom is -0.443 e. The third-order valence-electron chi connectivity index (χ3n) is 2.01. The van der Waals surface area contributed by atoms with E-state index in [1.54, 1.807) is 48.5 Å². The lowest BCUT2D eigenvalue weighted by Crippen LogP contribution is -2.40. The Balaban J connectivity index is 5.25. The number of amides is 2. The number of aliphatic imine (C=N–C) groups is 1. The summed E-state index contributed by atoms with van der Waals surface area (Å²) in [4.78, 5) is 29.4. The summed E-state index contributed by atoms with van der Waals surface area (Å²) < 4.78 is 10.5. The van der Waals surface area contributed by atoms with E-state index in [9.17, 15) is 9.59 Å². The molecule has 0 bridgehead atoms. The maximum absolute atomic E-state index is 12.2. The van der Waals surface area contributed by atoms with Gasteiger partial charge in [0.2, 0.25) is 0 Å². The summed E-state index contributed by atoms with van der Waals surface area (Å²) in [6.45, 7) is 14.7. The predicted octanol–water partition coefficient (Wildman–Crippen LogP) is 4.29. The molecule has 0 fully saturated rings. The van der Waals surface area contributed by atoms with Crippen molar-refractivity contribution in [2.75, 3.05) is 12.3 Å². The van der Waals surface area contributed by atoms with Crippen LogP contribution in [0.1, 0.15) is 55.4 Å². The van der Waals surface area contributed by atoms with Gasteiger partial charge in [-0.3, -0.25) is 4.90 Å². The Morgan fingerprint density at radius 2 is 1.50 bits per heavy atom. The van der Waals surface area contributed by atoms with Crippen LogP contribution in [0.5, 0.6) is 0 Å². The third kappa shape index (κ3) is 8.92. The van der Waals surface area contributed by atoms with Crippen molar-refractivity contribution in [3.8, 4) is 0 Å². The number of rotatable bonds is 2. The third-order valence-corrected chi connectivity index (χ3v) is 2.87. The van der Waals surface area contributed by atoms with Crippen LogP contribution in [0.4, 0.5) is 9.59 Å². The summed E-state index contributed by atoms with van der Waals surface area (Å²) >= 11 is 1.29. The molecular formula is C15H28N2O4S. The van der Waals surface area contributed by atoms with Crippen molar-refractivity contribution >= 4 is 29.1 Å². The van der Waals surface area contributed by atoms with E-state index >= 15 is 0 Å². The molecule has 6 nitrogen and oxygen atoms in total. The van der Waals surface area contributed by atoms with Crippen LogP contribution < -0.4 is 0 Å². The fourth-order valence-electron chi connectivity index (χ4n) is 1.32. The van der Waals surface area contributed by atoms with Crippen LogP contribution in [0.2, 0.25) is 0 Å². The average Bonchev–Trinajstić information content (AvgIpc) is 2.24. The van der Waals surface area contributed by atoms with E-state index in [1.165, 1.54) is 16.7 Å². The summed E-state index contributed by atoms with van der Waals surface area (Å²) in [5, 5.41) is 0.286. The average molecular weight is 332 g/mol. The second-order valence-electron chi connectivity index (χ2n) is 6.53. The first-order valence-electron chi connectivity index (χ1n) is 7.34. The molecule has 0 spiro atoms. The molecule has 22 heavy (non-hydrogen) atoms. The Morgan fingerprint density at radius 1 is 1.00 bits per heavy atom. The molecule has 0 unspecified atom stereocenters. The Kier molecular flexibility index (Phi) is 7.93. The van der Waals surface area contributed by atoms with Crippen LogP contribution in [-0.4, -0.2) is 45.8 Å². The van der Waals surface area contributed by atoms with Gasteiger partial charge in [-0.2, -0.15) is 4.99 Å². The van der Waals surface area contributed by atoms with Crippen molar-refractivity contribution in [2.45, 2.75) is 66.6 Å². The van der Waals surface area contributed by atoms with Gasteiger partial charge in [-0.25, -0.2) is 9.59 Å². The van der Waals surface area contributed by atoms with Crippen LogP contribution in [-0.2, 0) is 9.47 Å². The molecule has 0 aliphatic carbocycles. The van der Waals surface area contributed by atoms with Crippen LogP contribution >= 0.6 is 11.8 Å². The van der Waals surface area contributed by atoms with E-state index in [-0.39, 0.29) is 5.17 Å². The van der Waals surface area contributed by atoms with Gasteiger partial charge in [0.15, 0.2) is 5.17 Å². The van der Waals surface area contributed by atoms with E-state index in [0.717, 1.165) is 0 Å². The first-order chi connectivity index (χ1) is 9.89. The summed E-state index contributed by atoms with van der Waals surface area (Å²) in [5.74, 6) is 0.668. The smallest absolute Gasteiger partial charge is 0.436 e. The van der Waals surface area contributed by atoms with Crippen molar-refractivity contribution in [1.29, 1.82) is 0 Å². The topological polar surface area (TPSA) is 68.2 Å². The Bertz CT molecular complexity index is 422. The first kappa shape index (κ1) is 20.8. The molecule has 0 heterocycles.